The van der Waals surface area contributed by atoms with Gasteiger partial charge in [-0.2, -0.15) is 0 Å². The normalized spacial score (nSPS) is 12.6. The van der Waals surface area contributed by atoms with Crippen LogP contribution in [0.4, 0.5) is 4.79 Å². The molecule has 1 unspecified atom stereocenters. The Labute approximate surface area is 138 Å². The van der Waals surface area contributed by atoms with Gasteiger partial charge in [0.05, 0.1) is 22.0 Å². The quantitative estimate of drug-likeness (QED) is 0.870. The molecule has 0 aliphatic carbocycles. The molecule has 0 fully saturated rings. The number of benzene rings is 1. The average molecular weight is 339 g/mol. The van der Waals surface area contributed by atoms with Gasteiger partial charge in [-0.15, -0.1) is 0 Å². The molecule has 0 aliphatic heterocycles. The van der Waals surface area contributed by atoms with Crippen molar-refractivity contribution in [3.8, 4) is 0 Å². The van der Waals surface area contributed by atoms with Crippen LogP contribution in [0.1, 0.15) is 18.8 Å². The molecular formula is C15H19ClN4O3. The van der Waals surface area contributed by atoms with Crippen molar-refractivity contribution in [2.45, 2.75) is 19.5 Å². The van der Waals surface area contributed by atoms with Gasteiger partial charge in [-0.25, -0.2) is 9.78 Å². The average Bonchev–Trinajstić information content (AvgIpc) is 2.44. The van der Waals surface area contributed by atoms with Gasteiger partial charge in [0.15, 0.2) is 0 Å². The zero-order valence-corrected chi connectivity index (χ0v) is 14.0. The fourth-order valence-electron chi connectivity index (χ4n) is 2.34. The Morgan fingerprint density at radius 3 is 2.78 bits per heavy atom. The Bertz CT molecular complexity index is 788. The van der Waals surface area contributed by atoms with Crippen molar-refractivity contribution < 1.29 is 9.90 Å². The summed E-state index contributed by atoms with van der Waals surface area (Å²) in [6.45, 7) is 2.66. The molecule has 0 saturated heterocycles. The third-order valence-corrected chi connectivity index (χ3v) is 3.78. The number of carbonyl (C=O) groups is 1. The van der Waals surface area contributed by atoms with Crippen LogP contribution in [-0.4, -0.2) is 46.3 Å². The first-order valence-electron chi connectivity index (χ1n) is 7.14. The summed E-state index contributed by atoms with van der Waals surface area (Å²) in [7, 11) is 3.79. The van der Waals surface area contributed by atoms with Gasteiger partial charge in [0.1, 0.15) is 5.82 Å². The third-order valence-electron chi connectivity index (χ3n) is 3.46. The minimum Gasteiger partial charge on any atom is -0.465 e. The van der Waals surface area contributed by atoms with E-state index in [1.165, 1.54) is 4.57 Å². The van der Waals surface area contributed by atoms with Crippen molar-refractivity contribution in [3.63, 3.8) is 0 Å². The molecule has 1 aromatic heterocycles. The summed E-state index contributed by atoms with van der Waals surface area (Å²) in [4.78, 5) is 30.1. The van der Waals surface area contributed by atoms with Crippen LogP contribution in [0.5, 0.6) is 0 Å². The van der Waals surface area contributed by atoms with Gasteiger partial charge in [-0.05, 0) is 33.2 Å². The highest BCUT2D eigenvalue weighted by atomic mass is 35.5. The largest absolute Gasteiger partial charge is 0.465 e. The summed E-state index contributed by atoms with van der Waals surface area (Å²) in [5.74, 6) is 0.369. The van der Waals surface area contributed by atoms with Crippen molar-refractivity contribution in [2.75, 3.05) is 20.6 Å². The highest BCUT2D eigenvalue weighted by Crippen LogP contribution is 2.20. The number of likely N-dealkylation sites (N-methyl/N-ethyl adjacent to an activating group) is 1. The molecule has 2 rings (SSSR count). The minimum absolute atomic E-state index is 0.267. The molecule has 124 valence electrons. The molecule has 2 aromatic rings. The van der Waals surface area contributed by atoms with E-state index in [-0.39, 0.29) is 5.56 Å². The van der Waals surface area contributed by atoms with Crippen LogP contribution < -0.4 is 10.9 Å². The third kappa shape index (κ3) is 3.80. The number of rotatable bonds is 5. The molecule has 2 N–H and O–H groups in total. The van der Waals surface area contributed by atoms with Crippen LogP contribution in [0.15, 0.2) is 23.0 Å². The van der Waals surface area contributed by atoms with Crippen LogP contribution in [-0.2, 0) is 6.54 Å². The zero-order chi connectivity index (χ0) is 17.1. The summed E-state index contributed by atoms with van der Waals surface area (Å²) in [5, 5.41) is 12.0. The molecule has 8 heteroatoms. The number of hydrogen-bond donors (Lipinski definition) is 2. The van der Waals surface area contributed by atoms with E-state index < -0.39 is 12.1 Å². The van der Waals surface area contributed by atoms with Gasteiger partial charge in [0.25, 0.3) is 5.56 Å². The number of aromatic nitrogens is 2. The number of nitrogens with one attached hydrogen (secondary N) is 1. The molecule has 0 bridgehead atoms. The first-order valence-corrected chi connectivity index (χ1v) is 7.52. The van der Waals surface area contributed by atoms with Crippen molar-refractivity contribution in [1.29, 1.82) is 0 Å². The fourth-order valence-corrected chi connectivity index (χ4v) is 2.59. The van der Waals surface area contributed by atoms with E-state index in [1.54, 1.807) is 25.1 Å². The van der Waals surface area contributed by atoms with E-state index in [2.05, 4.69) is 10.3 Å². The Morgan fingerprint density at radius 1 is 1.48 bits per heavy atom. The summed E-state index contributed by atoms with van der Waals surface area (Å²) < 4.78 is 1.48. The lowest BCUT2D eigenvalue weighted by atomic mass is 10.2. The second kappa shape index (κ2) is 6.97. The maximum Gasteiger partial charge on any atom is 0.405 e. The van der Waals surface area contributed by atoms with Crippen molar-refractivity contribution >= 4 is 28.6 Å². The molecule has 1 atom stereocenters. The number of halogens is 1. The van der Waals surface area contributed by atoms with E-state index in [9.17, 15) is 9.59 Å². The molecule has 0 saturated carbocycles. The maximum atomic E-state index is 12.8. The minimum atomic E-state index is -1.17. The first kappa shape index (κ1) is 17.2. The topological polar surface area (TPSA) is 87.5 Å². The summed E-state index contributed by atoms with van der Waals surface area (Å²) >= 11 is 6.14. The smallest absolute Gasteiger partial charge is 0.405 e. The van der Waals surface area contributed by atoms with E-state index in [0.717, 1.165) is 0 Å². The van der Waals surface area contributed by atoms with E-state index in [0.29, 0.717) is 34.8 Å². The standard InChI is InChI=1S/C15H19ClN4O3/c1-9(17-15(22)23)13-18-11-6-4-5-10(16)12(11)14(21)20(13)8-7-19(2)3/h4-6,9,17H,7-8H2,1-3H3,(H,22,23). The van der Waals surface area contributed by atoms with Gasteiger partial charge in [-0.1, -0.05) is 17.7 Å². The Hall–Kier alpha value is -2.12. The van der Waals surface area contributed by atoms with Crippen LogP contribution >= 0.6 is 11.6 Å². The van der Waals surface area contributed by atoms with Gasteiger partial charge in [0, 0.05) is 13.1 Å². The highest BCUT2D eigenvalue weighted by molar-refractivity contribution is 6.35. The summed E-state index contributed by atoms with van der Waals surface area (Å²) in [5.41, 5.74) is 0.189. The lowest BCUT2D eigenvalue weighted by Gasteiger charge is -2.20. The predicted octanol–water partition coefficient (Wildman–Crippen LogP) is 1.94. The molecule has 7 nitrogen and oxygen atoms in total. The molecular weight excluding hydrogens is 320 g/mol. The monoisotopic (exact) mass is 338 g/mol. The molecule has 0 radical (unpaired) electrons. The van der Waals surface area contributed by atoms with E-state index in [4.69, 9.17) is 16.7 Å². The van der Waals surface area contributed by atoms with Crippen LogP contribution in [0.2, 0.25) is 5.02 Å². The molecule has 23 heavy (non-hydrogen) atoms. The molecule has 0 spiro atoms. The fraction of sp³-hybridized carbons (Fsp3) is 0.400. The lowest BCUT2D eigenvalue weighted by Crippen LogP contribution is -2.35. The number of fused-ring (bicyclic) bond motifs is 1. The lowest BCUT2D eigenvalue weighted by molar-refractivity contribution is 0.190. The molecule has 1 aromatic carbocycles. The number of nitrogens with zero attached hydrogens (tertiary/aromatic N) is 3. The molecule has 1 heterocycles. The maximum absolute atomic E-state index is 12.8. The predicted molar refractivity (Wildman–Crippen MR) is 89.1 cm³/mol. The Kier molecular flexibility index (Phi) is 5.23. The van der Waals surface area contributed by atoms with Gasteiger partial charge >= 0.3 is 6.09 Å². The van der Waals surface area contributed by atoms with Crippen molar-refractivity contribution in [3.05, 3.63) is 39.4 Å². The molecule has 0 aliphatic rings. The zero-order valence-electron chi connectivity index (χ0n) is 13.2. The Balaban J connectivity index is 2.64. The van der Waals surface area contributed by atoms with Gasteiger partial charge < -0.3 is 15.3 Å². The molecule has 1 amide bonds. The number of hydrogen-bond acceptors (Lipinski definition) is 4. The van der Waals surface area contributed by atoms with Crippen LogP contribution in [0, 0.1) is 0 Å². The first-order chi connectivity index (χ1) is 10.8. The van der Waals surface area contributed by atoms with Crippen molar-refractivity contribution in [2.24, 2.45) is 0 Å². The van der Waals surface area contributed by atoms with Gasteiger partial charge in [-0.3, -0.25) is 9.36 Å². The van der Waals surface area contributed by atoms with Crippen molar-refractivity contribution in [1.82, 2.24) is 19.8 Å². The van der Waals surface area contributed by atoms with E-state index in [1.807, 2.05) is 19.0 Å². The summed E-state index contributed by atoms with van der Waals surface area (Å²) in [6.07, 6.45) is -1.17. The number of amides is 1. The second-order valence-corrected chi connectivity index (χ2v) is 5.94. The Morgan fingerprint density at radius 2 is 2.17 bits per heavy atom. The summed E-state index contributed by atoms with van der Waals surface area (Å²) in [6, 6.07) is 4.42. The SMILES string of the molecule is CC(NC(=O)O)c1nc2cccc(Cl)c2c(=O)n1CCN(C)C. The van der Waals surface area contributed by atoms with Crippen LogP contribution in [0.3, 0.4) is 0 Å². The highest BCUT2D eigenvalue weighted by Gasteiger charge is 2.19. The second-order valence-electron chi connectivity index (χ2n) is 5.54. The van der Waals surface area contributed by atoms with Gasteiger partial charge in [0.2, 0.25) is 0 Å². The number of carboxylic acid groups (broad SMARTS) is 1. The van der Waals surface area contributed by atoms with E-state index >= 15 is 0 Å². The van der Waals surface area contributed by atoms with Crippen LogP contribution in [0.25, 0.3) is 10.9 Å².